The third-order valence-electron chi connectivity index (χ3n) is 4.47. The van der Waals surface area contributed by atoms with Gasteiger partial charge in [0.05, 0.1) is 12.8 Å². The molecule has 0 bridgehead atoms. The van der Waals surface area contributed by atoms with E-state index >= 15 is 0 Å². The van der Waals surface area contributed by atoms with Gasteiger partial charge in [0.2, 0.25) is 5.91 Å². The van der Waals surface area contributed by atoms with E-state index in [1.165, 1.54) is 0 Å². The summed E-state index contributed by atoms with van der Waals surface area (Å²) in [5.74, 6) is 1.17. The van der Waals surface area contributed by atoms with Gasteiger partial charge in [-0.1, -0.05) is 47.6 Å². The molecule has 0 aliphatic rings. The fourth-order valence-corrected chi connectivity index (χ4v) is 2.41. The number of methoxy groups -OCH3 is 1. The summed E-state index contributed by atoms with van der Waals surface area (Å²) in [7, 11) is 1.59. The van der Waals surface area contributed by atoms with Crippen molar-refractivity contribution in [3.63, 3.8) is 0 Å². The van der Waals surface area contributed by atoms with Crippen molar-refractivity contribution in [2.24, 2.45) is 11.3 Å². The third kappa shape index (κ3) is 6.35. The molecule has 0 saturated carbocycles. The smallest absolute Gasteiger partial charge is 0.230 e. The second kappa shape index (κ2) is 10.0. The van der Waals surface area contributed by atoms with Crippen LogP contribution < -0.4 is 5.32 Å². The molecule has 0 aliphatic carbocycles. The van der Waals surface area contributed by atoms with E-state index in [1.54, 1.807) is 19.3 Å². The van der Waals surface area contributed by atoms with Crippen LogP contribution in [0, 0.1) is 11.3 Å². The molecule has 148 valence electrons. The van der Waals surface area contributed by atoms with Crippen LogP contribution in [0.3, 0.4) is 0 Å². The van der Waals surface area contributed by atoms with E-state index in [-0.39, 0.29) is 11.8 Å². The van der Waals surface area contributed by atoms with Gasteiger partial charge in [-0.2, -0.15) is 0 Å². The minimum Gasteiger partial charge on any atom is -0.496 e. The minimum atomic E-state index is -0.503. The van der Waals surface area contributed by atoms with Crippen molar-refractivity contribution in [1.29, 1.82) is 0 Å². The van der Waals surface area contributed by atoms with Crippen LogP contribution in [0.2, 0.25) is 0 Å². The Morgan fingerprint density at radius 2 is 1.96 bits per heavy atom. The number of ether oxygens (including phenoxy) is 1. The predicted molar refractivity (Wildman–Crippen MR) is 110 cm³/mol. The summed E-state index contributed by atoms with van der Waals surface area (Å²) in [4.78, 5) is 28.3. The quantitative estimate of drug-likeness (QED) is 0.302. The van der Waals surface area contributed by atoms with Crippen LogP contribution in [0.25, 0.3) is 5.57 Å². The van der Waals surface area contributed by atoms with Gasteiger partial charge in [-0.25, -0.2) is 4.98 Å². The SMILES string of the molecule is CC/C(=C(\C=C(\C=O)C(C)CC)OC)c1cccc(NC(=O)C(C)(C)C)n1. The van der Waals surface area contributed by atoms with Gasteiger partial charge in [0.25, 0.3) is 0 Å². The monoisotopic (exact) mass is 372 g/mol. The van der Waals surface area contributed by atoms with Gasteiger partial charge in [-0.15, -0.1) is 0 Å². The number of aldehydes is 1. The molecule has 27 heavy (non-hydrogen) atoms. The number of hydrogen-bond acceptors (Lipinski definition) is 4. The van der Waals surface area contributed by atoms with Crippen molar-refractivity contribution in [1.82, 2.24) is 4.98 Å². The standard InChI is InChI=1S/C22H32N2O3/c1-8-15(3)16(14-25)13-19(27-7)17(9-2)18-11-10-12-20(23-18)24-21(26)22(4,5)6/h10-15H,8-9H2,1-7H3,(H,23,24,26)/b16-13-,19-17-. The number of allylic oxidation sites excluding steroid dienone is 3. The summed E-state index contributed by atoms with van der Waals surface area (Å²) < 4.78 is 5.58. The minimum absolute atomic E-state index is 0.0962. The molecule has 1 unspecified atom stereocenters. The first-order valence-corrected chi connectivity index (χ1v) is 9.40. The van der Waals surface area contributed by atoms with Crippen LogP contribution in [-0.2, 0) is 14.3 Å². The van der Waals surface area contributed by atoms with Crippen LogP contribution in [-0.4, -0.2) is 24.3 Å². The van der Waals surface area contributed by atoms with Gasteiger partial charge in [0.15, 0.2) is 0 Å². The average Bonchev–Trinajstić information content (AvgIpc) is 2.64. The van der Waals surface area contributed by atoms with E-state index in [0.717, 1.165) is 18.3 Å². The van der Waals surface area contributed by atoms with E-state index < -0.39 is 5.41 Å². The summed E-state index contributed by atoms with van der Waals surface area (Å²) >= 11 is 0. The van der Waals surface area contributed by atoms with Gasteiger partial charge >= 0.3 is 0 Å². The number of carbonyl (C=O) groups excluding carboxylic acids is 2. The van der Waals surface area contributed by atoms with Crippen LogP contribution in [0.4, 0.5) is 5.82 Å². The van der Waals surface area contributed by atoms with E-state index in [2.05, 4.69) is 10.3 Å². The molecule has 1 N–H and O–H groups in total. The summed E-state index contributed by atoms with van der Waals surface area (Å²) in [6, 6.07) is 5.49. The molecule has 0 spiro atoms. The van der Waals surface area contributed by atoms with Gasteiger partial charge < -0.3 is 10.1 Å². The van der Waals surface area contributed by atoms with Gasteiger partial charge in [-0.3, -0.25) is 9.59 Å². The molecule has 0 aliphatic heterocycles. The molecule has 0 aromatic carbocycles. The zero-order valence-corrected chi connectivity index (χ0v) is 17.6. The van der Waals surface area contributed by atoms with Crippen molar-refractivity contribution in [3.8, 4) is 0 Å². The zero-order chi connectivity index (χ0) is 20.6. The number of nitrogens with one attached hydrogen (secondary N) is 1. The molecule has 0 saturated heterocycles. The average molecular weight is 373 g/mol. The Balaban J connectivity index is 3.35. The number of rotatable bonds is 8. The van der Waals surface area contributed by atoms with E-state index in [0.29, 0.717) is 29.3 Å². The number of nitrogens with zero attached hydrogens (tertiary/aromatic N) is 1. The first kappa shape index (κ1) is 22.6. The normalized spacial score (nSPS) is 14.3. The molecule has 1 heterocycles. The Morgan fingerprint density at radius 3 is 2.44 bits per heavy atom. The first-order valence-electron chi connectivity index (χ1n) is 9.40. The first-order chi connectivity index (χ1) is 12.7. The maximum absolute atomic E-state index is 12.2. The highest BCUT2D eigenvalue weighted by Crippen LogP contribution is 2.26. The van der Waals surface area contributed by atoms with Crippen LogP contribution in [0.15, 0.2) is 35.6 Å². The highest BCUT2D eigenvalue weighted by molar-refractivity contribution is 5.93. The molecule has 5 heteroatoms. The Bertz CT molecular complexity index is 727. The third-order valence-corrected chi connectivity index (χ3v) is 4.47. The maximum atomic E-state index is 12.2. The second-order valence-electron chi connectivity index (χ2n) is 7.58. The largest absolute Gasteiger partial charge is 0.496 e. The molecule has 1 atom stereocenters. The number of pyridine rings is 1. The fraction of sp³-hybridized carbons (Fsp3) is 0.500. The molecular weight excluding hydrogens is 340 g/mol. The van der Waals surface area contributed by atoms with Crippen molar-refractivity contribution < 1.29 is 14.3 Å². The van der Waals surface area contributed by atoms with Crippen molar-refractivity contribution in [2.45, 2.75) is 54.4 Å². The lowest BCUT2D eigenvalue weighted by Gasteiger charge is -2.18. The van der Waals surface area contributed by atoms with Crippen molar-refractivity contribution in [2.75, 3.05) is 12.4 Å². The van der Waals surface area contributed by atoms with Gasteiger partial charge in [0.1, 0.15) is 17.9 Å². The lowest BCUT2D eigenvalue weighted by Crippen LogP contribution is -2.28. The topological polar surface area (TPSA) is 68.3 Å². The predicted octanol–water partition coefficient (Wildman–Crippen LogP) is 5.01. The number of anilines is 1. The second-order valence-corrected chi connectivity index (χ2v) is 7.58. The Kier molecular flexibility index (Phi) is 8.41. The molecule has 0 radical (unpaired) electrons. The molecule has 5 nitrogen and oxygen atoms in total. The van der Waals surface area contributed by atoms with Crippen LogP contribution in [0.5, 0.6) is 0 Å². The lowest BCUT2D eigenvalue weighted by atomic mass is 9.96. The Hall–Kier alpha value is -2.43. The van der Waals surface area contributed by atoms with Crippen molar-refractivity contribution >= 4 is 23.6 Å². The zero-order valence-electron chi connectivity index (χ0n) is 17.6. The fourth-order valence-electron chi connectivity index (χ4n) is 2.41. The summed E-state index contributed by atoms with van der Waals surface area (Å²) in [5, 5.41) is 2.85. The number of carbonyl (C=O) groups is 2. The van der Waals surface area contributed by atoms with E-state index in [9.17, 15) is 9.59 Å². The van der Waals surface area contributed by atoms with E-state index in [1.807, 2.05) is 53.7 Å². The molecule has 1 rings (SSSR count). The summed E-state index contributed by atoms with van der Waals surface area (Å²) in [5.41, 5.74) is 1.78. The molecule has 0 fully saturated rings. The highest BCUT2D eigenvalue weighted by Gasteiger charge is 2.22. The molecular formula is C22H32N2O3. The van der Waals surface area contributed by atoms with Crippen molar-refractivity contribution in [3.05, 3.63) is 41.3 Å². The Morgan fingerprint density at radius 1 is 1.30 bits per heavy atom. The lowest BCUT2D eigenvalue weighted by molar-refractivity contribution is -0.123. The number of amides is 1. The van der Waals surface area contributed by atoms with Gasteiger partial charge in [-0.05, 0) is 42.5 Å². The van der Waals surface area contributed by atoms with Crippen LogP contribution in [0.1, 0.15) is 60.1 Å². The molecule has 1 amide bonds. The summed E-state index contributed by atoms with van der Waals surface area (Å²) in [6.45, 7) is 11.6. The molecule has 1 aromatic heterocycles. The number of aromatic nitrogens is 1. The van der Waals surface area contributed by atoms with Crippen LogP contribution >= 0.6 is 0 Å². The highest BCUT2D eigenvalue weighted by atomic mass is 16.5. The van der Waals surface area contributed by atoms with E-state index in [4.69, 9.17) is 4.74 Å². The molecule has 1 aromatic rings. The number of hydrogen-bond donors (Lipinski definition) is 1. The summed E-state index contributed by atoms with van der Waals surface area (Å²) in [6.07, 6.45) is 4.22. The maximum Gasteiger partial charge on any atom is 0.230 e. The van der Waals surface area contributed by atoms with Gasteiger partial charge in [0, 0.05) is 11.0 Å². The Labute approximate surface area is 162 Å².